The number of urea groups is 1. The fraction of sp³-hybridized carbons (Fsp3) is 0.333. The van der Waals surface area contributed by atoms with Crippen LogP contribution in [0.5, 0.6) is 0 Å². The van der Waals surface area contributed by atoms with Gasteiger partial charge in [-0.1, -0.05) is 36.4 Å². The summed E-state index contributed by atoms with van der Waals surface area (Å²) in [4.78, 5) is 29.2. The van der Waals surface area contributed by atoms with Crippen molar-refractivity contribution >= 4 is 29.4 Å². The Labute approximate surface area is 163 Å². The predicted octanol–water partition coefficient (Wildman–Crippen LogP) is 3.90. The van der Waals surface area contributed by atoms with Gasteiger partial charge in [0, 0.05) is 36.6 Å². The van der Waals surface area contributed by atoms with E-state index in [9.17, 15) is 9.59 Å². The lowest BCUT2D eigenvalue weighted by Crippen LogP contribution is -2.54. The number of hydrogen-bond acceptors (Lipinski definition) is 3. The number of para-hydroxylation sites is 1. The van der Waals surface area contributed by atoms with Crippen molar-refractivity contribution < 1.29 is 9.59 Å². The number of rotatable bonds is 2. The maximum Gasteiger partial charge on any atom is 0.321 e. The summed E-state index contributed by atoms with van der Waals surface area (Å²) in [6, 6.07) is 18.9. The molecule has 0 bridgehead atoms. The van der Waals surface area contributed by atoms with E-state index in [4.69, 9.17) is 0 Å². The molecule has 0 aromatic heterocycles. The Morgan fingerprint density at radius 3 is 2.19 bits per heavy atom. The van der Waals surface area contributed by atoms with Crippen LogP contribution >= 0.6 is 11.8 Å². The van der Waals surface area contributed by atoms with Crippen LogP contribution in [0.3, 0.4) is 0 Å². The van der Waals surface area contributed by atoms with E-state index in [1.807, 2.05) is 82.2 Å². The molecule has 140 valence electrons. The van der Waals surface area contributed by atoms with Gasteiger partial charge in [0.1, 0.15) is 0 Å². The van der Waals surface area contributed by atoms with Crippen LogP contribution in [-0.2, 0) is 0 Å². The van der Waals surface area contributed by atoms with Gasteiger partial charge in [0.2, 0.25) is 0 Å². The maximum absolute atomic E-state index is 13.0. The van der Waals surface area contributed by atoms with Crippen molar-refractivity contribution in [3.63, 3.8) is 0 Å². The molecule has 27 heavy (non-hydrogen) atoms. The fourth-order valence-corrected chi connectivity index (χ4v) is 5.28. The number of likely N-dealkylation sites (tertiary alicyclic amines) is 1. The summed E-state index contributed by atoms with van der Waals surface area (Å²) in [5.41, 5.74) is 1.54. The largest absolute Gasteiger partial charge is 0.324 e. The summed E-state index contributed by atoms with van der Waals surface area (Å²) in [5.74, 6) is 1.05. The Hall–Kier alpha value is -2.47. The number of carbonyl (C=O) groups is 2. The quantitative estimate of drug-likeness (QED) is 0.858. The molecule has 1 spiro atoms. The number of piperidine rings is 1. The minimum absolute atomic E-state index is 0.0695. The molecule has 0 aliphatic carbocycles. The van der Waals surface area contributed by atoms with Crippen molar-refractivity contribution in [2.45, 2.75) is 17.7 Å². The standard InChI is InChI=1S/C21H23N3O2S/c25-19(17-7-3-1-4-8-17)24-15-16-27-21(24)11-13-23(14-12-21)20(26)22-18-9-5-2-6-10-18/h1-10H,11-16H2,(H,22,26). The van der Waals surface area contributed by atoms with Crippen molar-refractivity contribution in [2.24, 2.45) is 0 Å². The lowest BCUT2D eigenvalue weighted by atomic mass is 10.0. The van der Waals surface area contributed by atoms with Gasteiger partial charge in [-0.2, -0.15) is 0 Å². The fourth-order valence-electron chi connectivity index (χ4n) is 3.83. The van der Waals surface area contributed by atoms with E-state index in [0.29, 0.717) is 13.1 Å². The van der Waals surface area contributed by atoms with Crippen molar-refractivity contribution in [2.75, 3.05) is 30.7 Å². The summed E-state index contributed by atoms with van der Waals surface area (Å²) in [7, 11) is 0. The number of anilines is 1. The molecule has 0 atom stereocenters. The molecule has 6 heteroatoms. The molecule has 3 amide bonds. The molecule has 2 fully saturated rings. The zero-order chi connectivity index (χ0) is 18.7. The summed E-state index contributed by atoms with van der Waals surface area (Å²) in [6.45, 7) is 2.09. The van der Waals surface area contributed by atoms with Crippen LogP contribution in [0.1, 0.15) is 23.2 Å². The van der Waals surface area contributed by atoms with Gasteiger partial charge in [0.25, 0.3) is 5.91 Å². The normalized spacial score (nSPS) is 18.5. The minimum Gasteiger partial charge on any atom is -0.324 e. The van der Waals surface area contributed by atoms with Crippen LogP contribution in [0.2, 0.25) is 0 Å². The van der Waals surface area contributed by atoms with Crippen molar-refractivity contribution in [1.82, 2.24) is 9.80 Å². The topological polar surface area (TPSA) is 52.7 Å². The SMILES string of the molecule is O=C(Nc1ccccc1)N1CCC2(CC1)SCCN2C(=O)c1ccccc1. The van der Waals surface area contributed by atoms with Crippen LogP contribution < -0.4 is 5.32 Å². The van der Waals surface area contributed by atoms with Gasteiger partial charge in [-0.25, -0.2) is 4.79 Å². The number of nitrogens with one attached hydrogen (secondary N) is 1. The highest BCUT2D eigenvalue weighted by molar-refractivity contribution is 8.00. The summed E-state index contributed by atoms with van der Waals surface area (Å²) in [5, 5.41) is 2.95. The molecule has 5 nitrogen and oxygen atoms in total. The minimum atomic E-state index is -0.184. The molecule has 2 aliphatic heterocycles. The lowest BCUT2D eigenvalue weighted by Gasteiger charge is -2.44. The van der Waals surface area contributed by atoms with Gasteiger partial charge in [-0.15, -0.1) is 11.8 Å². The Balaban J connectivity index is 1.41. The van der Waals surface area contributed by atoms with Crippen LogP contribution in [0, 0.1) is 0 Å². The average molecular weight is 382 g/mol. The number of benzene rings is 2. The van der Waals surface area contributed by atoms with Gasteiger partial charge in [-0.05, 0) is 37.1 Å². The van der Waals surface area contributed by atoms with Crippen LogP contribution in [0.15, 0.2) is 60.7 Å². The third-order valence-corrected chi connectivity index (χ3v) is 6.85. The highest BCUT2D eigenvalue weighted by Crippen LogP contribution is 2.44. The van der Waals surface area contributed by atoms with E-state index in [0.717, 1.165) is 36.4 Å². The van der Waals surface area contributed by atoms with E-state index in [1.54, 1.807) is 0 Å². The number of carbonyl (C=O) groups excluding carboxylic acids is 2. The van der Waals surface area contributed by atoms with Crippen LogP contribution in [0.4, 0.5) is 10.5 Å². The molecule has 2 aromatic carbocycles. The Morgan fingerprint density at radius 2 is 1.52 bits per heavy atom. The third kappa shape index (κ3) is 3.67. The van der Waals surface area contributed by atoms with Crippen LogP contribution in [-0.4, -0.2) is 52.0 Å². The second kappa shape index (κ2) is 7.64. The molecule has 2 aromatic rings. The highest BCUT2D eigenvalue weighted by atomic mass is 32.2. The number of nitrogens with zero attached hydrogens (tertiary/aromatic N) is 2. The Morgan fingerprint density at radius 1 is 0.889 bits per heavy atom. The molecule has 2 aliphatic rings. The Kier molecular flexibility index (Phi) is 5.07. The first kappa shape index (κ1) is 17.9. The Bertz CT molecular complexity index is 805. The van der Waals surface area contributed by atoms with E-state index in [-0.39, 0.29) is 16.8 Å². The molecule has 0 saturated carbocycles. The van der Waals surface area contributed by atoms with Crippen molar-refractivity contribution in [3.8, 4) is 0 Å². The van der Waals surface area contributed by atoms with E-state index in [2.05, 4.69) is 5.32 Å². The number of hydrogen-bond donors (Lipinski definition) is 1. The predicted molar refractivity (Wildman–Crippen MR) is 109 cm³/mol. The zero-order valence-corrected chi connectivity index (χ0v) is 16.0. The van der Waals surface area contributed by atoms with Crippen molar-refractivity contribution in [1.29, 1.82) is 0 Å². The smallest absolute Gasteiger partial charge is 0.321 e. The second-order valence-electron chi connectivity index (χ2n) is 6.90. The first-order valence-corrected chi connectivity index (χ1v) is 10.3. The van der Waals surface area contributed by atoms with Crippen molar-refractivity contribution in [3.05, 3.63) is 66.2 Å². The first-order valence-electron chi connectivity index (χ1n) is 9.30. The van der Waals surface area contributed by atoms with E-state index >= 15 is 0 Å². The lowest BCUT2D eigenvalue weighted by molar-refractivity contribution is 0.0585. The average Bonchev–Trinajstić information content (AvgIpc) is 3.12. The summed E-state index contributed by atoms with van der Waals surface area (Å²) >= 11 is 1.86. The van der Waals surface area contributed by atoms with Crippen LogP contribution in [0.25, 0.3) is 0 Å². The molecule has 0 radical (unpaired) electrons. The van der Waals surface area contributed by atoms with Gasteiger partial charge < -0.3 is 15.1 Å². The number of thioether (sulfide) groups is 1. The summed E-state index contributed by atoms with van der Waals surface area (Å²) < 4.78 is 0. The van der Waals surface area contributed by atoms with E-state index in [1.165, 1.54) is 0 Å². The first-order chi connectivity index (χ1) is 13.2. The second-order valence-corrected chi connectivity index (χ2v) is 8.36. The highest BCUT2D eigenvalue weighted by Gasteiger charge is 2.47. The third-order valence-electron chi connectivity index (χ3n) is 5.30. The molecule has 4 rings (SSSR count). The number of amides is 3. The monoisotopic (exact) mass is 381 g/mol. The van der Waals surface area contributed by atoms with E-state index < -0.39 is 0 Å². The summed E-state index contributed by atoms with van der Waals surface area (Å²) in [6.07, 6.45) is 1.61. The molecule has 2 heterocycles. The van der Waals surface area contributed by atoms with Gasteiger partial charge >= 0.3 is 6.03 Å². The molecule has 1 N–H and O–H groups in total. The van der Waals surface area contributed by atoms with Gasteiger partial charge in [0.05, 0.1) is 4.87 Å². The van der Waals surface area contributed by atoms with Gasteiger partial charge in [-0.3, -0.25) is 4.79 Å². The molecule has 0 unspecified atom stereocenters. The molecular formula is C21H23N3O2S. The zero-order valence-electron chi connectivity index (χ0n) is 15.1. The maximum atomic E-state index is 13.0. The molecular weight excluding hydrogens is 358 g/mol. The van der Waals surface area contributed by atoms with Gasteiger partial charge in [0.15, 0.2) is 0 Å². The molecule has 2 saturated heterocycles.